The van der Waals surface area contributed by atoms with Crippen molar-refractivity contribution in [3.05, 3.63) is 0 Å². The van der Waals surface area contributed by atoms with E-state index in [1.54, 1.807) is 11.8 Å². The molecular formula is C8H18N2O4S2. The Morgan fingerprint density at radius 2 is 1.75 bits per heavy atom. The van der Waals surface area contributed by atoms with Gasteiger partial charge in [0.15, 0.2) is 0 Å². The number of thioether (sulfide) groups is 1. The Morgan fingerprint density at radius 3 is 2.19 bits per heavy atom. The zero-order valence-electron chi connectivity index (χ0n) is 9.71. The van der Waals surface area contributed by atoms with E-state index in [9.17, 15) is 13.2 Å². The lowest BCUT2D eigenvalue weighted by molar-refractivity contribution is -0.137. The lowest BCUT2D eigenvalue weighted by Crippen LogP contribution is -2.41. The second kappa shape index (κ2) is 7.10. The second-order valence-electron chi connectivity index (χ2n) is 3.29. The van der Waals surface area contributed by atoms with Crippen molar-refractivity contribution in [2.45, 2.75) is 6.42 Å². The van der Waals surface area contributed by atoms with Crippen LogP contribution in [0.15, 0.2) is 0 Å². The van der Waals surface area contributed by atoms with Crippen molar-refractivity contribution in [3.8, 4) is 0 Å². The number of hydrogen-bond donors (Lipinski definition) is 1. The van der Waals surface area contributed by atoms with Crippen molar-refractivity contribution in [1.82, 2.24) is 8.61 Å². The Bertz CT molecular complexity index is 318. The summed E-state index contributed by atoms with van der Waals surface area (Å²) in [4.78, 5) is 10.3. The van der Waals surface area contributed by atoms with Crippen molar-refractivity contribution in [2.24, 2.45) is 0 Å². The molecule has 96 valence electrons. The summed E-state index contributed by atoms with van der Waals surface area (Å²) in [7, 11) is -0.645. The number of aliphatic carboxylic acids is 1. The van der Waals surface area contributed by atoms with Gasteiger partial charge in [0.05, 0.1) is 6.42 Å². The average molecular weight is 270 g/mol. The second-order valence-corrected chi connectivity index (χ2v) is 6.42. The number of rotatable bonds is 8. The SMILES string of the molecule is CSCCN(C)S(=O)(=O)N(C)CCC(=O)O. The molecule has 0 radical (unpaired) electrons. The zero-order valence-corrected chi connectivity index (χ0v) is 11.3. The maximum absolute atomic E-state index is 11.8. The Hall–Kier alpha value is -0.310. The molecule has 1 N–H and O–H groups in total. The molecule has 0 aliphatic carbocycles. The normalized spacial score (nSPS) is 12.3. The summed E-state index contributed by atoms with van der Waals surface area (Å²) in [5.41, 5.74) is 0. The van der Waals surface area contributed by atoms with E-state index in [2.05, 4.69) is 0 Å². The summed E-state index contributed by atoms with van der Waals surface area (Å²) in [5, 5.41) is 8.47. The minimum absolute atomic E-state index is 0.0126. The number of nitrogens with zero attached hydrogens (tertiary/aromatic N) is 2. The quantitative estimate of drug-likeness (QED) is 0.668. The van der Waals surface area contributed by atoms with Crippen LogP contribution in [-0.4, -0.2) is 67.3 Å². The van der Waals surface area contributed by atoms with Gasteiger partial charge in [0.25, 0.3) is 10.2 Å². The zero-order chi connectivity index (χ0) is 12.8. The van der Waals surface area contributed by atoms with E-state index in [-0.39, 0.29) is 13.0 Å². The van der Waals surface area contributed by atoms with Crippen LogP contribution in [0.2, 0.25) is 0 Å². The minimum Gasteiger partial charge on any atom is -0.481 e. The molecule has 0 aromatic heterocycles. The minimum atomic E-state index is -3.52. The fourth-order valence-corrected chi connectivity index (χ4v) is 2.63. The highest BCUT2D eigenvalue weighted by atomic mass is 32.2. The predicted molar refractivity (Wildman–Crippen MR) is 64.8 cm³/mol. The van der Waals surface area contributed by atoms with Gasteiger partial charge in [0.1, 0.15) is 0 Å². The number of carbonyl (C=O) groups is 1. The molecule has 6 nitrogen and oxygen atoms in total. The number of hydrogen-bond acceptors (Lipinski definition) is 4. The first-order chi connectivity index (χ1) is 7.32. The average Bonchev–Trinajstić information content (AvgIpc) is 2.21. The van der Waals surface area contributed by atoms with Crippen molar-refractivity contribution < 1.29 is 18.3 Å². The van der Waals surface area contributed by atoms with Gasteiger partial charge in [-0.15, -0.1) is 0 Å². The molecular weight excluding hydrogens is 252 g/mol. The molecule has 0 spiro atoms. The van der Waals surface area contributed by atoms with Gasteiger partial charge in [-0.2, -0.15) is 28.8 Å². The first-order valence-corrected chi connectivity index (χ1v) is 7.49. The van der Waals surface area contributed by atoms with E-state index < -0.39 is 16.2 Å². The topological polar surface area (TPSA) is 77.9 Å². The standard InChI is InChI=1S/C8H18N2O4S2/c1-9(5-4-8(11)12)16(13,14)10(2)6-7-15-3/h4-7H2,1-3H3,(H,11,12). The molecule has 0 aromatic rings. The molecule has 0 fully saturated rings. The Morgan fingerprint density at radius 1 is 1.25 bits per heavy atom. The van der Waals surface area contributed by atoms with Gasteiger partial charge in [-0.1, -0.05) is 0 Å². The molecule has 0 aliphatic rings. The number of carboxylic acid groups (broad SMARTS) is 1. The number of carboxylic acids is 1. The molecule has 8 heteroatoms. The molecule has 0 aromatic carbocycles. The molecule has 0 atom stereocenters. The maximum atomic E-state index is 11.8. The first-order valence-electron chi connectivity index (χ1n) is 4.70. The van der Waals surface area contributed by atoms with Crippen LogP contribution in [0.5, 0.6) is 0 Å². The summed E-state index contributed by atoms with van der Waals surface area (Å²) in [6, 6.07) is 0. The van der Waals surface area contributed by atoms with E-state index in [1.165, 1.54) is 18.4 Å². The van der Waals surface area contributed by atoms with E-state index in [0.717, 1.165) is 4.31 Å². The van der Waals surface area contributed by atoms with Gasteiger partial charge in [-0.25, -0.2) is 0 Å². The highest BCUT2D eigenvalue weighted by Crippen LogP contribution is 2.05. The molecule has 0 aliphatic heterocycles. The summed E-state index contributed by atoms with van der Waals surface area (Å²) >= 11 is 1.56. The van der Waals surface area contributed by atoms with Crippen LogP contribution < -0.4 is 0 Å². The smallest absolute Gasteiger partial charge is 0.304 e. The van der Waals surface area contributed by atoms with Gasteiger partial charge in [-0.3, -0.25) is 4.79 Å². The van der Waals surface area contributed by atoms with Crippen LogP contribution in [0.25, 0.3) is 0 Å². The Kier molecular flexibility index (Phi) is 6.96. The van der Waals surface area contributed by atoms with Crippen LogP contribution in [0.1, 0.15) is 6.42 Å². The molecule has 0 saturated heterocycles. The molecule has 0 saturated carbocycles. The maximum Gasteiger partial charge on any atom is 0.304 e. The van der Waals surface area contributed by atoms with Gasteiger partial charge in [-0.05, 0) is 6.26 Å². The summed E-state index contributed by atoms with van der Waals surface area (Å²) in [6.45, 7) is 0.405. The van der Waals surface area contributed by atoms with E-state index in [1.807, 2.05) is 6.26 Å². The fraction of sp³-hybridized carbons (Fsp3) is 0.875. The van der Waals surface area contributed by atoms with Gasteiger partial charge >= 0.3 is 5.97 Å². The molecule has 0 heterocycles. The van der Waals surface area contributed by atoms with Crippen molar-refractivity contribution in [2.75, 3.05) is 39.2 Å². The molecule has 0 amide bonds. The first kappa shape index (κ1) is 15.7. The van der Waals surface area contributed by atoms with Crippen LogP contribution in [0.3, 0.4) is 0 Å². The molecule has 0 rings (SSSR count). The lowest BCUT2D eigenvalue weighted by Gasteiger charge is -2.23. The van der Waals surface area contributed by atoms with Crippen LogP contribution in [0, 0.1) is 0 Å². The van der Waals surface area contributed by atoms with E-state index in [4.69, 9.17) is 5.11 Å². The third-order valence-electron chi connectivity index (χ3n) is 2.04. The molecule has 0 unspecified atom stereocenters. The van der Waals surface area contributed by atoms with E-state index in [0.29, 0.717) is 12.3 Å². The molecule has 16 heavy (non-hydrogen) atoms. The largest absolute Gasteiger partial charge is 0.481 e. The Labute approximate surface area is 101 Å². The highest BCUT2D eigenvalue weighted by Gasteiger charge is 2.23. The summed E-state index contributed by atoms with van der Waals surface area (Å²) < 4.78 is 25.9. The lowest BCUT2D eigenvalue weighted by atomic mass is 10.4. The molecule has 0 bridgehead atoms. The van der Waals surface area contributed by atoms with Crippen LogP contribution in [-0.2, 0) is 15.0 Å². The van der Waals surface area contributed by atoms with Crippen molar-refractivity contribution in [1.29, 1.82) is 0 Å². The third kappa shape index (κ3) is 5.15. The van der Waals surface area contributed by atoms with Gasteiger partial charge in [0, 0.05) is 32.9 Å². The Balaban J connectivity index is 4.34. The van der Waals surface area contributed by atoms with Crippen molar-refractivity contribution in [3.63, 3.8) is 0 Å². The monoisotopic (exact) mass is 270 g/mol. The predicted octanol–water partition coefficient (Wildman–Crippen LogP) is -0.0675. The van der Waals surface area contributed by atoms with Gasteiger partial charge in [0.2, 0.25) is 0 Å². The fourth-order valence-electron chi connectivity index (χ4n) is 0.942. The van der Waals surface area contributed by atoms with E-state index >= 15 is 0 Å². The van der Waals surface area contributed by atoms with Crippen LogP contribution in [0.4, 0.5) is 0 Å². The summed E-state index contributed by atoms with van der Waals surface area (Å²) in [6.07, 6.45) is 1.71. The highest BCUT2D eigenvalue weighted by molar-refractivity contribution is 7.98. The van der Waals surface area contributed by atoms with Crippen LogP contribution >= 0.6 is 11.8 Å². The summed E-state index contributed by atoms with van der Waals surface area (Å²) in [5.74, 6) is -0.295. The van der Waals surface area contributed by atoms with Gasteiger partial charge < -0.3 is 5.11 Å². The van der Waals surface area contributed by atoms with Crippen molar-refractivity contribution >= 4 is 27.9 Å². The third-order valence-corrected chi connectivity index (χ3v) is 4.57.